The van der Waals surface area contributed by atoms with E-state index in [1.54, 1.807) is 0 Å². The van der Waals surface area contributed by atoms with E-state index in [1.165, 1.54) is 5.56 Å². The SMILES string of the molecule is C=Cc1ccc(CCCCCCS(=O)(=O)[O-])cc1.[Na+]. The van der Waals surface area contributed by atoms with Gasteiger partial charge in [0.05, 0.1) is 10.1 Å². The van der Waals surface area contributed by atoms with Crippen molar-refractivity contribution in [2.75, 3.05) is 5.75 Å². The van der Waals surface area contributed by atoms with E-state index in [4.69, 9.17) is 0 Å². The van der Waals surface area contributed by atoms with Gasteiger partial charge < -0.3 is 4.55 Å². The molecule has 1 aromatic rings. The molecular formula is C14H19NaO3S. The van der Waals surface area contributed by atoms with Crippen molar-refractivity contribution in [3.05, 3.63) is 42.0 Å². The predicted octanol–water partition coefficient (Wildman–Crippen LogP) is -0.0183. The number of unbranched alkanes of at least 4 members (excludes halogenated alkanes) is 3. The van der Waals surface area contributed by atoms with Crippen LogP contribution >= 0.6 is 0 Å². The third kappa shape index (κ3) is 9.41. The molecule has 0 saturated heterocycles. The van der Waals surface area contributed by atoms with Gasteiger partial charge in [0.15, 0.2) is 0 Å². The quantitative estimate of drug-likeness (QED) is 0.384. The molecule has 0 fully saturated rings. The number of hydrogen-bond donors (Lipinski definition) is 0. The maximum Gasteiger partial charge on any atom is 1.00 e. The summed E-state index contributed by atoms with van der Waals surface area (Å²) in [7, 11) is -4.03. The molecule has 0 aromatic heterocycles. The van der Waals surface area contributed by atoms with Crippen molar-refractivity contribution in [1.82, 2.24) is 0 Å². The van der Waals surface area contributed by atoms with Gasteiger partial charge in [0.2, 0.25) is 0 Å². The van der Waals surface area contributed by atoms with E-state index in [0.717, 1.165) is 31.2 Å². The Kier molecular flexibility index (Phi) is 9.66. The average molecular weight is 290 g/mol. The molecule has 100 valence electrons. The number of rotatable bonds is 8. The fourth-order valence-corrected chi connectivity index (χ4v) is 2.34. The minimum Gasteiger partial charge on any atom is -0.748 e. The van der Waals surface area contributed by atoms with Gasteiger partial charge in [-0.2, -0.15) is 0 Å². The van der Waals surface area contributed by atoms with Crippen LogP contribution in [0.1, 0.15) is 36.8 Å². The van der Waals surface area contributed by atoms with Crippen molar-refractivity contribution in [3.63, 3.8) is 0 Å². The zero-order valence-electron chi connectivity index (χ0n) is 11.5. The van der Waals surface area contributed by atoms with Crippen molar-refractivity contribution >= 4 is 16.2 Å². The molecule has 5 heteroatoms. The fourth-order valence-electron chi connectivity index (χ4n) is 1.78. The summed E-state index contributed by atoms with van der Waals surface area (Å²) >= 11 is 0. The summed E-state index contributed by atoms with van der Waals surface area (Å²) in [6, 6.07) is 8.23. The standard InChI is InChI=1S/C14H20O3S.Na/c1-2-13-8-10-14(11-9-13)7-5-3-4-6-12-18(15,16)17;/h2,8-11H,1,3-7,12H2,(H,15,16,17);/q;+1/p-1. The molecule has 0 aliphatic carbocycles. The van der Waals surface area contributed by atoms with Gasteiger partial charge in [-0.25, -0.2) is 8.42 Å². The van der Waals surface area contributed by atoms with Crippen LogP contribution in [0.3, 0.4) is 0 Å². The second-order valence-electron chi connectivity index (χ2n) is 4.37. The Morgan fingerprint density at radius 2 is 1.63 bits per heavy atom. The molecule has 0 heterocycles. The van der Waals surface area contributed by atoms with Crippen molar-refractivity contribution in [2.45, 2.75) is 32.1 Å². The van der Waals surface area contributed by atoms with Crippen LogP contribution in [-0.4, -0.2) is 18.7 Å². The minimum absolute atomic E-state index is 0. The normalized spacial score (nSPS) is 10.8. The summed E-state index contributed by atoms with van der Waals surface area (Å²) < 4.78 is 31.1. The molecule has 0 saturated carbocycles. The Balaban J connectivity index is 0.00000324. The first kappa shape index (κ1) is 18.9. The first-order valence-corrected chi connectivity index (χ1v) is 7.74. The molecule has 0 unspecified atom stereocenters. The Labute approximate surface area is 138 Å². The van der Waals surface area contributed by atoms with E-state index in [-0.39, 0.29) is 35.3 Å². The molecule has 0 spiro atoms. The summed E-state index contributed by atoms with van der Waals surface area (Å²) in [5.74, 6) is -0.235. The molecule has 1 aromatic carbocycles. The molecule has 0 aliphatic rings. The first-order valence-electron chi connectivity index (χ1n) is 6.16. The number of aryl methyl sites for hydroxylation is 1. The van der Waals surface area contributed by atoms with Gasteiger partial charge in [-0.05, 0) is 30.4 Å². The fraction of sp³-hybridized carbons (Fsp3) is 0.429. The summed E-state index contributed by atoms with van der Waals surface area (Å²) in [5.41, 5.74) is 2.39. The summed E-state index contributed by atoms with van der Waals surface area (Å²) in [6.07, 6.45) is 6.05. The van der Waals surface area contributed by atoms with Crippen molar-refractivity contribution in [3.8, 4) is 0 Å². The maximum atomic E-state index is 10.4. The van der Waals surface area contributed by atoms with E-state index in [0.29, 0.717) is 6.42 Å². The Morgan fingerprint density at radius 3 is 2.16 bits per heavy atom. The van der Waals surface area contributed by atoms with E-state index in [1.807, 2.05) is 18.2 Å². The van der Waals surface area contributed by atoms with Crippen molar-refractivity contribution in [1.29, 1.82) is 0 Å². The van der Waals surface area contributed by atoms with Gasteiger partial charge in [0.25, 0.3) is 0 Å². The summed E-state index contributed by atoms with van der Waals surface area (Å²) in [4.78, 5) is 0. The topological polar surface area (TPSA) is 57.2 Å². The molecule has 19 heavy (non-hydrogen) atoms. The zero-order chi connectivity index (χ0) is 13.4. The molecule has 0 N–H and O–H groups in total. The Morgan fingerprint density at radius 1 is 1.05 bits per heavy atom. The van der Waals surface area contributed by atoms with Crippen LogP contribution in [-0.2, 0) is 16.5 Å². The second-order valence-corrected chi connectivity index (χ2v) is 5.90. The monoisotopic (exact) mass is 290 g/mol. The van der Waals surface area contributed by atoms with Crippen LogP contribution in [0, 0.1) is 0 Å². The molecular weight excluding hydrogens is 271 g/mol. The second kappa shape index (κ2) is 9.72. The smallest absolute Gasteiger partial charge is 0.748 e. The first-order chi connectivity index (χ1) is 8.51. The Hall–Kier alpha value is -0.130. The average Bonchev–Trinajstić information content (AvgIpc) is 2.33. The van der Waals surface area contributed by atoms with Crippen LogP contribution in [0.25, 0.3) is 6.08 Å². The van der Waals surface area contributed by atoms with Gasteiger partial charge in [0.1, 0.15) is 0 Å². The van der Waals surface area contributed by atoms with Crippen LogP contribution in [0.2, 0.25) is 0 Å². The van der Waals surface area contributed by atoms with Crippen LogP contribution in [0.5, 0.6) is 0 Å². The molecule has 0 bridgehead atoms. The van der Waals surface area contributed by atoms with Crippen LogP contribution in [0.15, 0.2) is 30.8 Å². The molecule has 1 rings (SSSR count). The van der Waals surface area contributed by atoms with Gasteiger partial charge in [0, 0.05) is 5.75 Å². The predicted molar refractivity (Wildman–Crippen MR) is 73.3 cm³/mol. The van der Waals surface area contributed by atoms with Crippen LogP contribution in [0.4, 0.5) is 0 Å². The minimum atomic E-state index is -4.03. The van der Waals surface area contributed by atoms with Gasteiger partial charge in [-0.1, -0.05) is 49.8 Å². The molecule has 0 amide bonds. The Bertz CT molecular complexity index is 466. The number of benzene rings is 1. The van der Waals surface area contributed by atoms with Gasteiger partial charge in [-0.3, -0.25) is 0 Å². The van der Waals surface area contributed by atoms with E-state index < -0.39 is 10.1 Å². The maximum absolute atomic E-state index is 10.4. The van der Waals surface area contributed by atoms with Gasteiger partial charge >= 0.3 is 29.6 Å². The summed E-state index contributed by atoms with van der Waals surface area (Å²) in [5, 5.41) is 0. The van der Waals surface area contributed by atoms with E-state index in [2.05, 4.69) is 18.7 Å². The summed E-state index contributed by atoms with van der Waals surface area (Å²) in [6.45, 7) is 3.70. The molecule has 0 atom stereocenters. The third-order valence-electron chi connectivity index (χ3n) is 2.83. The van der Waals surface area contributed by atoms with E-state index >= 15 is 0 Å². The molecule has 3 nitrogen and oxygen atoms in total. The van der Waals surface area contributed by atoms with Crippen LogP contribution < -0.4 is 29.6 Å². The number of hydrogen-bond acceptors (Lipinski definition) is 3. The largest absolute Gasteiger partial charge is 1.00 e. The zero-order valence-corrected chi connectivity index (χ0v) is 14.3. The molecule has 0 radical (unpaired) electrons. The van der Waals surface area contributed by atoms with E-state index in [9.17, 15) is 13.0 Å². The third-order valence-corrected chi connectivity index (χ3v) is 3.61. The van der Waals surface area contributed by atoms with Crippen molar-refractivity contribution < 1.29 is 42.5 Å². The molecule has 0 aliphatic heterocycles. The van der Waals surface area contributed by atoms with Crippen molar-refractivity contribution in [2.24, 2.45) is 0 Å². The van der Waals surface area contributed by atoms with Gasteiger partial charge in [-0.15, -0.1) is 0 Å².